The molecule has 82 valence electrons. The Morgan fingerprint density at radius 1 is 1.40 bits per heavy atom. The third-order valence-electron chi connectivity index (χ3n) is 2.62. The summed E-state index contributed by atoms with van der Waals surface area (Å²) in [6.45, 7) is 2.66. The second kappa shape index (κ2) is 4.75. The van der Waals surface area contributed by atoms with Gasteiger partial charge in [0.15, 0.2) is 0 Å². The van der Waals surface area contributed by atoms with E-state index in [0.717, 1.165) is 5.56 Å². The first-order chi connectivity index (χ1) is 7.31. The number of epoxide rings is 1. The third kappa shape index (κ3) is 2.78. The van der Waals surface area contributed by atoms with Crippen molar-refractivity contribution >= 4 is 0 Å². The quantitative estimate of drug-likeness (QED) is 0.743. The van der Waals surface area contributed by atoms with Gasteiger partial charge in [0.25, 0.3) is 0 Å². The Kier molecular flexibility index (Phi) is 3.36. The molecule has 3 heteroatoms. The van der Waals surface area contributed by atoms with E-state index in [1.807, 2.05) is 37.3 Å². The zero-order valence-corrected chi connectivity index (χ0v) is 8.80. The Bertz CT molecular complexity index is 299. The first-order valence-corrected chi connectivity index (χ1v) is 5.23. The van der Waals surface area contributed by atoms with Crippen molar-refractivity contribution in [2.75, 3.05) is 6.61 Å². The zero-order valence-electron chi connectivity index (χ0n) is 8.80. The van der Waals surface area contributed by atoms with Gasteiger partial charge >= 0.3 is 0 Å². The van der Waals surface area contributed by atoms with Crippen molar-refractivity contribution in [1.29, 1.82) is 0 Å². The highest BCUT2D eigenvalue weighted by Gasteiger charge is 2.42. The van der Waals surface area contributed by atoms with Crippen LogP contribution in [0, 0.1) is 0 Å². The van der Waals surface area contributed by atoms with Gasteiger partial charge in [-0.3, -0.25) is 0 Å². The van der Waals surface area contributed by atoms with Crippen LogP contribution in [0.1, 0.15) is 12.5 Å². The first kappa shape index (κ1) is 10.6. The number of hydrogen-bond donors (Lipinski definition) is 1. The predicted molar refractivity (Wildman–Crippen MR) is 56.4 cm³/mol. The fourth-order valence-electron chi connectivity index (χ4n) is 1.61. The fraction of sp³-hybridized carbons (Fsp3) is 0.500. The predicted octanol–water partition coefficient (Wildman–Crippen LogP) is 1.35. The van der Waals surface area contributed by atoms with E-state index in [1.54, 1.807) is 0 Å². The van der Waals surface area contributed by atoms with Crippen molar-refractivity contribution in [3.05, 3.63) is 35.9 Å². The van der Waals surface area contributed by atoms with Gasteiger partial charge in [0, 0.05) is 0 Å². The van der Waals surface area contributed by atoms with Crippen molar-refractivity contribution in [3.8, 4) is 0 Å². The normalized spacial score (nSPS) is 26.3. The lowest BCUT2D eigenvalue weighted by molar-refractivity contribution is 0.0340. The van der Waals surface area contributed by atoms with Gasteiger partial charge < -0.3 is 14.6 Å². The van der Waals surface area contributed by atoms with Crippen LogP contribution >= 0.6 is 0 Å². The second-order valence-electron chi connectivity index (χ2n) is 3.82. The molecule has 3 atom stereocenters. The van der Waals surface area contributed by atoms with Crippen molar-refractivity contribution in [2.45, 2.75) is 31.8 Å². The van der Waals surface area contributed by atoms with Gasteiger partial charge in [0.1, 0.15) is 12.2 Å². The lowest BCUT2D eigenvalue weighted by Crippen LogP contribution is -2.18. The van der Waals surface area contributed by atoms with Crippen LogP contribution in [0.2, 0.25) is 0 Å². The standard InChI is InChI=1S/C12H16O3/c1-9(12-11(7-13)15-12)14-8-10-5-3-2-4-6-10/h2-6,9,11-13H,7-8H2,1H3/t9-,11-,12?/m1/s1. The molecule has 0 bridgehead atoms. The zero-order chi connectivity index (χ0) is 10.7. The molecular weight excluding hydrogens is 192 g/mol. The van der Waals surface area contributed by atoms with E-state index >= 15 is 0 Å². The highest BCUT2D eigenvalue weighted by atomic mass is 16.6. The number of aliphatic hydroxyl groups excluding tert-OH is 1. The molecule has 0 spiro atoms. The molecule has 0 amide bonds. The molecule has 0 saturated carbocycles. The summed E-state index contributed by atoms with van der Waals surface area (Å²) in [6, 6.07) is 10.0. The van der Waals surface area contributed by atoms with E-state index in [-0.39, 0.29) is 24.9 Å². The summed E-state index contributed by atoms with van der Waals surface area (Å²) < 4.78 is 10.9. The van der Waals surface area contributed by atoms with E-state index in [1.165, 1.54) is 0 Å². The fourth-order valence-corrected chi connectivity index (χ4v) is 1.61. The molecule has 1 aliphatic rings. The number of benzene rings is 1. The molecule has 1 aromatic rings. The van der Waals surface area contributed by atoms with Crippen molar-refractivity contribution < 1.29 is 14.6 Å². The van der Waals surface area contributed by atoms with E-state index in [2.05, 4.69) is 0 Å². The summed E-state index contributed by atoms with van der Waals surface area (Å²) in [7, 11) is 0. The smallest absolute Gasteiger partial charge is 0.112 e. The Morgan fingerprint density at radius 2 is 2.13 bits per heavy atom. The Labute approximate surface area is 89.6 Å². The minimum absolute atomic E-state index is 0.0178. The van der Waals surface area contributed by atoms with Gasteiger partial charge in [-0.15, -0.1) is 0 Å². The summed E-state index contributed by atoms with van der Waals surface area (Å²) in [5, 5.41) is 8.83. The van der Waals surface area contributed by atoms with Crippen LogP contribution in [0.5, 0.6) is 0 Å². The van der Waals surface area contributed by atoms with Gasteiger partial charge in [0.05, 0.1) is 19.3 Å². The van der Waals surface area contributed by atoms with Gasteiger partial charge in [-0.25, -0.2) is 0 Å². The second-order valence-corrected chi connectivity index (χ2v) is 3.82. The van der Waals surface area contributed by atoms with E-state index in [4.69, 9.17) is 14.6 Å². The monoisotopic (exact) mass is 208 g/mol. The highest BCUT2D eigenvalue weighted by Crippen LogP contribution is 2.26. The van der Waals surface area contributed by atoms with E-state index < -0.39 is 0 Å². The maximum absolute atomic E-state index is 8.83. The van der Waals surface area contributed by atoms with Gasteiger partial charge in [0.2, 0.25) is 0 Å². The Morgan fingerprint density at radius 3 is 2.73 bits per heavy atom. The third-order valence-corrected chi connectivity index (χ3v) is 2.62. The molecule has 1 heterocycles. The molecule has 1 fully saturated rings. The minimum Gasteiger partial charge on any atom is -0.394 e. The lowest BCUT2D eigenvalue weighted by Gasteiger charge is -2.10. The minimum atomic E-state index is -0.0178. The van der Waals surface area contributed by atoms with E-state index in [0.29, 0.717) is 6.61 Å². The number of rotatable bonds is 5. The molecule has 1 unspecified atom stereocenters. The molecule has 15 heavy (non-hydrogen) atoms. The number of ether oxygens (including phenoxy) is 2. The molecule has 0 aliphatic carbocycles. The summed E-state index contributed by atoms with van der Waals surface area (Å²) in [6.07, 6.45) is 0.0943. The Hall–Kier alpha value is -0.900. The highest BCUT2D eigenvalue weighted by molar-refractivity contribution is 5.13. The average molecular weight is 208 g/mol. The lowest BCUT2D eigenvalue weighted by atomic mass is 10.2. The topological polar surface area (TPSA) is 42.0 Å². The Balaban J connectivity index is 1.74. The van der Waals surface area contributed by atoms with Crippen molar-refractivity contribution in [2.24, 2.45) is 0 Å². The largest absolute Gasteiger partial charge is 0.394 e. The van der Waals surface area contributed by atoms with Crippen LogP contribution < -0.4 is 0 Å². The number of aliphatic hydroxyl groups is 1. The van der Waals surface area contributed by atoms with Gasteiger partial charge in [-0.2, -0.15) is 0 Å². The van der Waals surface area contributed by atoms with Crippen LogP contribution in [0.25, 0.3) is 0 Å². The van der Waals surface area contributed by atoms with E-state index in [9.17, 15) is 0 Å². The molecule has 1 aromatic carbocycles. The summed E-state index contributed by atoms with van der Waals surface area (Å²) in [4.78, 5) is 0. The van der Waals surface area contributed by atoms with Crippen LogP contribution in [-0.4, -0.2) is 30.0 Å². The molecule has 2 rings (SSSR count). The SMILES string of the molecule is C[C@@H](OCc1ccccc1)C1O[C@@H]1CO. The molecule has 0 aromatic heterocycles. The van der Waals surface area contributed by atoms with Crippen LogP contribution in [0.4, 0.5) is 0 Å². The maximum atomic E-state index is 8.83. The van der Waals surface area contributed by atoms with Crippen molar-refractivity contribution in [3.63, 3.8) is 0 Å². The first-order valence-electron chi connectivity index (χ1n) is 5.23. The molecule has 3 nitrogen and oxygen atoms in total. The average Bonchev–Trinajstić information content (AvgIpc) is 3.06. The number of hydrogen-bond acceptors (Lipinski definition) is 3. The molecular formula is C12H16O3. The maximum Gasteiger partial charge on any atom is 0.112 e. The van der Waals surface area contributed by atoms with Crippen LogP contribution in [0.3, 0.4) is 0 Å². The van der Waals surface area contributed by atoms with Crippen LogP contribution in [0.15, 0.2) is 30.3 Å². The van der Waals surface area contributed by atoms with Gasteiger partial charge in [-0.05, 0) is 12.5 Å². The molecule has 1 saturated heterocycles. The van der Waals surface area contributed by atoms with Crippen LogP contribution in [-0.2, 0) is 16.1 Å². The summed E-state index contributed by atoms with van der Waals surface area (Å²) in [5.41, 5.74) is 1.16. The summed E-state index contributed by atoms with van der Waals surface area (Å²) >= 11 is 0. The summed E-state index contributed by atoms with van der Waals surface area (Å²) in [5.74, 6) is 0. The van der Waals surface area contributed by atoms with Gasteiger partial charge in [-0.1, -0.05) is 30.3 Å². The molecule has 1 N–H and O–H groups in total. The molecule has 0 radical (unpaired) electrons. The molecule has 1 aliphatic heterocycles. The van der Waals surface area contributed by atoms with Crippen molar-refractivity contribution in [1.82, 2.24) is 0 Å².